The number of ether oxygens (including phenoxy) is 1. The molecule has 1 aliphatic heterocycles. The number of amides is 2. The second-order valence-electron chi connectivity index (χ2n) is 5.55. The van der Waals surface area contributed by atoms with Crippen molar-refractivity contribution in [1.82, 2.24) is 15.2 Å². The SMILES string of the molecule is CCCO[C@H](C)CNC(=O)N1CCN(c2ccncc2)CC1. The van der Waals surface area contributed by atoms with Gasteiger partial charge in [-0.05, 0) is 25.5 Å². The Morgan fingerprint density at radius 1 is 1.32 bits per heavy atom. The Hall–Kier alpha value is -1.82. The second kappa shape index (κ2) is 8.58. The largest absolute Gasteiger partial charge is 0.377 e. The van der Waals surface area contributed by atoms with E-state index >= 15 is 0 Å². The average Bonchev–Trinajstić information content (AvgIpc) is 2.58. The number of pyridine rings is 1. The Morgan fingerprint density at radius 3 is 2.64 bits per heavy atom. The maximum absolute atomic E-state index is 12.2. The van der Waals surface area contributed by atoms with Gasteiger partial charge in [0.15, 0.2) is 0 Å². The molecule has 1 aromatic rings. The Kier molecular flexibility index (Phi) is 6.45. The molecule has 1 fully saturated rings. The zero-order valence-electron chi connectivity index (χ0n) is 13.5. The van der Waals surface area contributed by atoms with Crippen LogP contribution in [0.25, 0.3) is 0 Å². The number of urea groups is 1. The molecule has 1 N–H and O–H groups in total. The summed E-state index contributed by atoms with van der Waals surface area (Å²) in [6.45, 7) is 8.52. The number of aromatic nitrogens is 1. The van der Waals surface area contributed by atoms with Crippen molar-refractivity contribution in [3.63, 3.8) is 0 Å². The number of piperazine rings is 1. The summed E-state index contributed by atoms with van der Waals surface area (Å²) in [5.74, 6) is 0. The van der Waals surface area contributed by atoms with Crippen LogP contribution in [0.3, 0.4) is 0 Å². The molecule has 0 radical (unpaired) electrons. The maximum atomic E-state index is 12.2. The summed E-state index contributed by atoms with van der Waals surface area (Å²) in [7, 11) is 0. The zero-order chi connectivity index (χ0) is 15.8. The molecule has 1 atom stereocenters. The van der Waals surface area contributed by atoms with Crippen molar-refractivity contribution in [1.29, 1.82) is 0 Å². The highest BCUT2D eigenvalue weighted by Gasteiger charge is 2.21. The van der Waals surface area contributed by atoms with Gasteiger partial charge in [-0.1, -0.05) is 6.92 Å². The van der Waals surface area contributed by atoms with Crippen molar-refractivity contribution in [2.24, 2.45) is 0 Å². The van der Waals surface area contributed by atoms with E-state index in [4.69, 9.17) is 4.74 Å². The van der Waals surface area contributed by atoms with E-state index in [9.17, 15) is 4.79 Å². The number of hydrogen-bond donors (Lipinski definition) is 1. The van der Waals surface area contributed by atoms with Crippen molar-refractivity contribution in [2.45, 2.75) is 26.4 Å². The van der Waals surface area contributed by atoms with E-state index in [2.05, 4.69) is 22.1 Å². The normalized spacial score (nSPS) is 16.5. The average molecular weight is 306 g/mol. The maximum Gasteiger partial charge on any atom is 0.317 e. The second-order valence-corrected chi connectivity index (χ2v) is 5.55. The lowest BCUT2D eigenvalue weighted by atomic mass is 10.3. The smallest absolute Gasteiger partial charge is 0.317 e. The van der Waals surface area contributed by atoms with Gasteiger partial charge in [-0.3, -0.25) is 4.98 Å². The van der Waals surface area contributed by atoms with Gasteiger partial charge in [0.25, 0.3) is 0 Å². The first-order valence-corrected chi connectivity index (χ1v) is 8.00. The fraction of sp³-hybridized carbons (Fsp3) is 0.625. The van der Waals surface area contributed by atoms with Gasteiger partial charge in [-0.15, -0.1) is 0 Å². The Balaban J connectivity index is 1.71. The molecule has 6 nitrogen and oxygen atoms in total. The molecular formula is C16H26N4O2. The van der Waals surface area contributed by atoms with Gasteiger partial charge in [0, 0.05) is 57.4 Å². The summed E-state index contributed by atoms with van der Waals surface area (Å²) >= 11 is 0. The monoisotopic (exact) mass is 306 g/mol. The predicted octanol–water partition coefficient (Wildman–Crippen LogP) is 1.73. The van der Waals surface area contributed by atoms with Gasteiger partial charge >= 0.3 is 6.03 Å². The summed E-state index contributed by atoms with van der Waals surface area (Å²) in [5, 5.41) is 2.95. The molecule has 2 heterocycles. The van der Waals surface area contributed by atoms with E-state index in [1.807, 2.05) is 24.0 Å². The molecule has 22 heavy (non-hydrogen) atoms. The number of carbonyl (C=O) groups excluding carboxylic acids is 1. The molecule has 1 aromatic heterocycles. The molecule has 1 saturated heterocycles. The zero-order valence-corrected chi connectivity index (χ0v) is 13.5. The molecule has 0 spiro atoms. The third-order valence-electron chi connectivity index (χ3n) is 3.74. The van der Waals surface area contributed by atoms with E-state index in [0.717, 1.165) is 44.9 Å². The molecule has 122 valence electrons. The summed E-state index contributed by atoms with van der Waals surface area (Å²) in [5.41, 5.74) is 1.16. The van der Waals surface area contributed by atoms with Crippen molar-refractivity contribution >= 4 is 11.7 Å². The van der Waals surface area contributed by atoms with Crippen LogP contribution < -0.4 is 10.2 Å². The first-order chi connectivity index (χ1) is 10.7. The Bertz CT molecular complexity index is 447. The van der Waals surface area contributed by atoms with Crippen LogP contribution in [0.1, 0.15) is 20.3 Å². The lowest BCUT2D eigenvalue weighted by Gasteiger charge is -2.36. The van der Waals surface area contributed by atoms with Crippen LogP contribution in [0.15, 0.2) is 24.5 Å². The third-order valence-corrected chi connectivity index (χ3v) is 3.74. The number of carbonyl (C=O) groups is 1. The highest BCUT2D eigenvalue weighted by molar-refractivity contribution is 5.74. The summed E-state index contributed by atoms with van der Waals surface area (Å²) < 4.78 is 5.56. The van der Waals surface area contributed by atoms with Crippen LogP contribution in [0.5, 0.6) is 0 Å². The minimum atomic E-state index is 0.00123. The highest BCUT2D eigenvalue weighted by atomic mass is 16.5. The Labute approximate surface area is 132 Å². The first kappa shape index (κ1) is 16.5. The van der Waals surface area contributed by atoms with Gasteiger partial charge in [0.05, 0.1) is 6.10 Å². The van der Waals surface area contributed by atoms with Crippen LogP contribution in [-0.4, -0.2) is 61.3 Å². The van der Waals surface area contributed by atoms with Gasteiger partial charge in [-0.2, -0.15) is 0 Å². The molecule has 0 aliphatic carbocycles. The van der Waals surface area contributed by atoms with Crippen LogP contribution in [0, 0.1) is 0 Å². The quantitative estimate of drug-likeness (QED) is 0.869. The minimum absolute atomic E-state index is 0.00123. The summed E-state index contributed by atoms with van der Waals surface area (Å²) in [6.07, 6.45) is 4.65. The van der Waals surface area contributed by atoms with Crippen molar-refractivity contribution in [3.8, 4) is 0 Å². The highest BCUT2D eigenvalue weighted by Crippen LogP contribution is 2.14. The standard InChI is InChI=1S/C16H26N4O2/c1-3-12-22-14(2)13-18-16(21)20-10-8-19(9-11-20)15-4-6-17-7-5-15/h4-7,14H,3,8-13H2,1-2H3,(H,18,21)/t14-/m1/s1. The fourth-order valence-corrected chi connectivity index (χ4v) is 2.44. The predicted molar refractivity (Wildman–Crippen MR) is 87.1 cm³/mol. The Morgan fingerprint density at radius 2 is 2.00 bits per heavy atom. The fourth-order valence-electron chi connectivity index (χ4n) is 2.44. The first-order valence-electron chi connectivity index (χ1n) is 8.00. The summed E-state index contributed by atoms with van der Waals surface area (Å²) in [4.78, 5) is 20.3. The lowest BCUT2D eigenvalue weighted by molar-refractivity contribution is 0.0665. The molecular weight excluding hydrogens is 280 g/mol. The van der Waals surface area contributed by atoms with E-state index in [-0.39, 0.29) is 12.1 Å². The molecule has 0 aromatic carbocycles. The molecule has 1 aliphatic rings. The number of nitrogens with one attached hydrogen (secondary N) is 1. The van der Waals surface area contributed by atoms with E-state index in [1.54, 1.807) is 12.4 Å². The van der Waals surface area contributed by atoms with Crippen molar-refractivity contribution < 1.29 is 9.53 Å². The summed E-state index contributed by atoms with van der Waals surface area (Å²) in [6, 6.07) is 4.01. The molecule has 0 bridgehead atoms. The van der Waals surface area contributed by atoms with Crippen LogP contribution in [0.4, 0.5) is 10.5 Å². The van der Waals surface area contributed by atoms with Gasteiger partial charge in [-0.25, -0.2) is 4.79 Å². The van der Waals surface area contributed by atoms with Gasteiger partial charge in [0.1, 0.15) is 0 Å². The number of rotatable bonds is 6. The molecule has 0 unspecified atom stereocenters. The third kappa shape index (κ3) is 4.87. The van der Waals surface area contributed by atoms with Crippen LogP contribution in [-0.2, 0) is 4.74 Å². The topological polar surface area (TPSA) is 57.7 Å². The van der Waals surface area contributed by atoms with Crippen molar-refractivity contribution in [2.75, 3.05) is 44.2 Å². The van der Waals surface area contributed by atoms with Crippen LogP contribution >= 0.6 is 0 Å². The number of hydrogen-bond acceptors (Lipinski definition) is 4. The number of anilines is 1. The van der Waals surface area contributed by atoms with Gasteiger partial charge < -0.3 is 19.9 Å². The van der Waals surface area contributed by atoms with Gasteiger partial charge in [0.2, 0.25) is 0 Å². The van der Waals surface area contributed by atoms with Crippen LogP contribution in [0.2, 0.25) is 0 Å². The molecule has 0 saturated carbocycles. The van der Waals surface area contributed by atoms with E-state index in [0.29, 0.717) is 6.54 Å². The molecule has 6 heteroatoms. The van der Waals surface area contributed by atoms with Crippen molar-refractivity contribution in [3.05, 3.63) is 24.5 Å². The van der Waals surface area contributed by atoms with E-state index in [1.165, 1.54) is 0 Å². The molecule has 2 amide bonds. The number of nitrogens with zero attached hydrogens (tertiary/aromatic N) is 3. The molecule has 2 rings (SSSR count). The van der Waals surface area contributed by atoms with E-state index < -0.39 is 0 Å². The lowest BCUT2D eigenvalue weighted by Crippen LogP contribution is -2.52. The minimum Gasteiger partial charge on any atom is -0.377 e.